The van der Waals surface area contributed by atoms with Gasteiger partial charge in [0.05, 0.1) is 5.39 Å². The van der Waals surface area contributed by atoms with Gasteiger partial charge in [0.15, 0.2) is 5.65 Å². The molecule has 5 rings (SSSR count). The Balaban J connectivity index is 0.000000745. The maximum atomic E-state index is 12.8. The molecule has 10 heteroatoms. The van der Waals surface area contributed by atoms with Crippen molar-refractivity contribution in [3.63, 3.8) is 0 Å². The van der Waals surface area contributed by atoms with Crippen LogP contribution in [0.15, 0.2) is 47.4 Å². The number of nitrogens with two attached hydrogens (primary N) is 1. The van der Waals surface area contributed by atoms with Crippen molar-refractivity contribution in [2.75, 3.05) is 24.1 Å². The van der Waals surface area contributed by atoms with E-state index in [1.54, 1.807) is 0 Å². The molecule has 0 fully saturated rings. The highest BCUT2D eigenvalue weighted by atomic mass is 16.3. The third kappa shape index (κ3) is 7.76. The van der Waals surface area contributed by atoms with E-state index >= 15 is 0 Å². The standard InChI is InChI=1S/C26H29N7O3.C4H10.C2H6/c1-26(2,3)14-32-10-9-15-7-8-17(11-16(15)13-32)29-24-28-12-18-22(27)33(25(36)31-23(18)30-24)21-19(34)5-4-6-20(21)35;1-3-4-2;1-2/h4-8,11-12,34-35H,9-10,13-14,27H2,1-3H3,(H,29,30,31,36);3-4H2,1-2H3;1-2H3. The number of aromatic hydroxyl groups is 2. The smallest absolute Gasteiger partial charge is 0.356 e. The summed E-state index contributed by atoms with van der Waals surface area (Å²) in [4.78, 5) is 28.0. The Labute approximate surface area is 248 Å². The Morgan fingerprint density at radius 3 is 2.29 bits per heavy atom. The average Bonchev–Trinajstić information content (AvgIpc) is 2.94. The van der Waals surface area contributed by atoms with E-state index in [-0.39, 0.29) is 40.0 Å². The molecule has 10 nitrogen and oxygen atoms in total. The summed E-state index contributed by atoms with van der Waals surface area (Å²) in [5.41, 5.74) is 9.08. The van der Waals surface area contributed by atoms with Crippen molar-refractivity contribution in [3.05, 3.63) is 64.2 Å². The van der Waals surface area contributed by atoms with Gasteiger partial charge in [-0.05, 0) is 47.2 Å². The molecule has 2 aromatic heterocycles. The van der Waals surface area contributed by atoms with Crippen molar-refractivity contribution in [2.24, 2.45) is 5.41 Å². The minimum atomic E-state index is -0.783. The van der Waals surface area contributed by atoms with Crippen LogP contribution in [-0.4, -0.2) is 47.7 Å². The lowest BCUT2D eigenvalue weighted by Gasteiger charge is -2.34. The second kappa shape index (κ2) is 14.1. The molecule has 0 bridgehead atoms. The first kappa shape index (κ1) is 32.3. The molecule has 5 N–H and O–H groups in total. The third-order valence-electron chi connectivity index (χ3n) is 6.65. The van der Waals surface area contributed by atoms with Crippen molar-refractivity contribution >= 4 is 28.5 Å². The molecule has 0 unspecified atom stereocenters. The molecule has 42 heavy (non-hydrogen) atoms. The van der Waals surface area contributed by atoms with Gasteiger partial charge in [-0.1, -0.05) is 73.4 Å². The maximum Gasteiger partial charge on any atom is 0.356 e. The van der Waals surface area contributed by atoms with Crippen molar-refractivity contribution in [1.82, 2.24) is 24.4 Å². The highest BCUT2D eigenvalue weighted by Gasteiger charge is 2.22. The number of phenolic OH excluding ortho intramolecular Hbond substituents is 2. The van der Waals surface area contributed by atoms with E-state index in [0.717, 1.165) is 36.3 Å². The summed E-state index contributed by atoms with van der Waals surface area (Å²) in [5.74, 6) is -0.379. The third-order valence-corrected chi connectivity index (χ3v) is 6.65. The molecule has 0 radical (unpaired) electrons. The number of para-hydroxylation sites is 1. The first-order valence-corrected chi connectivity index (χ1v) is 14.7. The molecule has 4 aromatic rings. The highest BCUT2D eigenvalue weighted by molar-refractivity contribution is 5.86. The van der Waals surface area contributed by atoms with Crippen molar-refractivity contribution in [2.45, 2.75) is 74.3 Å². The van der Waals surface area contributed by atoms with E-state index < -0.39 is 5.69 Å². The van der Waals surface area contributed by atoms with E-state index in [1.165, 1.54) is 48.4 Å². The first-order valence-electron chi connectivity index (χ1n) is 14.7. The fourth-order valence-corrected chi connectivity index (χ4v) is 4.66. The highest BCUT2D eigenvalue weighted by Crippen LogP contribution is 2.32. The average molecular weight is 576 g/mol. The van der Waals surface area contributed by atoms with E-state index in [0.29, 0.717) is 5.39 Å². The minimum Gasteiger partial charge on any atom is -0.506 e. The predicted molar refractivity (Wildman–Crippen MR) is 171 cm³/mol. The number of nitrogen functional groups attached to an aromatic ring is 1. The molecule has 0 saturated carbocycles. The summed E-state index contributed by atoms with van der Waals surface area (Å²) < 4.78 is 0.941. The molecular formula is C32H45N7O3. The van der Waals surface area contributed by atoms with Crippen LogP contribution in [0.2, 0.25) is 0 Å². The Bertz CT molecular complexity index is 1540. The SMILES string of the molecule is CC.CC(C)(C)CN1CCc2ccc(Nc3ncc4c(N)n(-c5c(O)cccc5O)c(=O)nc4n3)cc2C1.CCCC. The molecule has 2 aromatic carbocycles. The number of hydrogen-bond donors (Lipinski definition) is 4. The summed E-state index contributed by atoms with van der Waals surface area (Å²) in [6, 6.07) is 10.4. The van der Waals surface area contributed by atoms with Gasteiger partial charge < -0.3 is 21.3 Å². The van der Waals surface area contributed by atoms with Crippen LogP contribution in [0.4, 0.5) is 17.5 Å². The van der Waals surface area contributed by atoms with Gasteiger partial charge in [0.1, 0.15) is 23.0 Å². The molecular weight excluding hydrogens is 530 g/mol. The normalized spacial score (nSPS) is 12.9. The van der Waals surface area contributed by atoms with Gasteiger partial charge >= 0.3 is 5.69 Å². The minimum absolute atomic E-state index is 0.0407. The number of benzene rings is 2. The Kier molecular flexibility index (Phi) is 10.9. The quantitative estimate of drug-likeness (QED) is 0.220. The molecule has 0 spiro atoms. The van der Waals surface area contributed by atoms with Gasteiger partial charge in [-0.15, -0.1) is 0 Å². The molecule has 3 heterocycles. The number of fused-ring (bicyclic) bond motifs is 2. The van der Waals surface area contributed by atoms with Crippen LogP contribution in [-0.2, 0) is 13.0 Å². The largest absolute Gasteiger partial charge is 0.506 e. The monoisotopic (exact) mass is 575 g/mol. The van der Waals surface area contributed by atoms with Crippen molar-refractivity contribution in [1.29, 1.82) is 0 Å². The number of aromatic nitrogens is 4. The molecule has 0 atom stereocenters. The zero-order valence-electron chi connectivity index (χ0n) is 25.9. The number of unbranched alkanes of at least 4 members (excludes halogenated alkanes) is 1. The van der Waals surface area contributed by atoms with E-state index in [4.69, 9.17) is 5.73 Å². The summed E-state index contributed by atoms with van der Waals surface area (Å²) in [5, 5.41) is 23.9. The summed E-state index contributed by atoms with van der Waals surface area (Å²) in [7, 11) is 0. The fourth-order valence-electron chi connectivity index (χ4n) is 4.66. The second-order valence-electron chi connectivity index (χ2n) is 11.3. The number of phenols is 2. The van der Waals surface area contributed by atoms with Crippen molar-refractivity contribution < 1.29 is 10.2 Å². The number of nitrogens with zero attached hydrogens (tertiary/aromatic N) is 5. The van der Waals surface area contributed by atoms with E-state index in [9.17, 15) is 15.0 Å². The summed E-state index contributed by atoms with van der Waals surface area (Å²) in [6.07, 6.45) is 5.11. The summed E-state index contributed by atoms with van der Waals surface area (Å²) in [6.45, 7) is 18.1. The number of anilines is 3. The van der Waals surface area contributed by atoms with Gasteiger partial charge in [0, 0.05) is 31.5 Å². The maximum absolute atomic E-state index is 12.8. The van der Waals surface area contributed by atoms with Crippen LogP contribution in [0.1, 0.15) is 72.4 Å². The van der Waals surface area contributed by atoms with Gasteiger partial charge in [-0.25, -0.2) is 14.3 Å². The molecule has 1 aliphatic heterocycles. The number of rotatable bonds is 5. The Morgan fingerprint density at radius 2 is 1.67 bits per heavy atom. The van der Waals surface area contributed by atoms with Crippen LogP contribution in [0.3, 0.4) is 0 Å². The lowest BCUT2D eigenvalue weighted by atomic mass is 9.93. The molecule has 0 saturated heterocycles. The Hall–Kier alpha value is -4.18. The van der Waals surface area contributed by atoms with Gasteiger partial charge in [0.25, 0.3) is 0 Å². The van der Waals surface area contributed by atoms with Crippen LogP contribution in [0.25, 0.3) is 16.7 Å². The topological polar surface area (TPSA) is 142 Å². The van der Waals surface area contributed by atoms with Gasteiger partial charge in [-0.2, -0.15) is 9.97 Å². The van der Waals surface area contributed by atoms with Crippen LogP contribution in [0.5, 0.6) is 11.5 Å². The van der Waals surface area contributed by atoms with Crippen molar-refractivity contribution in [3.8, 4) is 17.2 Å². The molecule has 0 aliphatic carbocycles. The Morgan fingerprint density at radius 1 is 1.00 bits per heavy atom. The van der Waals surface area contributed by atoms with Gasteiger partial charge in [0.2, 0.25) is 5.95 Å². The second-order valence-corrected chi connectivity index (χ2v) is 11.3. The molecule has 1 aliphatic rings. The molecule has 226 valence electrons. The van der Waals surface area contributed by atoms with E-state index in [2.05, 4.69) is 71.9 Å². The zero-order chi connectivity index (χ0) is 31.0. The van der Waals surface area contributed by atoms with E-state index in [1.807, 2.05) is 19.9 Å². The number of nitrogens with one attached hydrogen (secondary N) is 1. The first-order chi connectivity index (χ1) is 20.0. The van der Waals surface area contributed by atoms with Crippen LogP contribution < -0.4 is 16.7 Å². The fraction of sp³-hybridized carbons (Fsp3) is 0.438. The lowest BCUT2D eigenvalue weighted by molar-refractivity contribution is 0.177. The van der Waals surface area contributed by atoms with Crippen LogP contribution >= 0.6 is 0 Å². The predicted octanol–water partition coefficient (Wildman–Crippen LogP) is 6.15. The zero-order valence-corrected chi connectivity index (χ0v) is 25.9. The number of hydrogen-bond acceptors (Lipinski definition) is 9. The molecule has 0 amide bonds. The summed E-state index contributed by atoms with van der Waals surface area (Å²) >= 11 is 0. The van der Waals surface area contributed by atoms with Crippen LogP contribution in [0, 0.1) is 5.41 Å². The lowest BCUT2D eigenvalue weighted by Crippen LogP contribution is -2.36. The van der Waals surface area contributed by atoms with Gasteiger partial charge in [-0.3, -0.25) is 4.90 Å².